The molecule has 0 spiro atoms. The van der Waals surface area contributed by atoms with Gasteiger partial charge in [0, 0.05) is 32.8 Å². The maximum Gasteiger partial charge on any atom is 0.244 e. The van der Waals surface area contributed by atoms with Crippen molar-refractivity contribution in [2.75, 3.05) is 5.32 Å². The summed E-state index contributed by atoms with van der Waals surface area (Å²) in [6, 6.07) is 15.5. The van der Waals surface area contributed by atoms with Gasteiger partial charge in [-0.25, -0.2) is 0 Å². The maximum absolute atomic E-state index is 12.7. The normalized spacial score (nSPS) is 10.9. The van der Waals surface area contributed by atoms with E-state index in [9.17, 15) is 9.59 Å². The molecular weight excluding hydrogens is 399 g/mol. The Kier molecular flexibility index (Phi) is 4.94. The third kappa shape index (κ3) is 3.67. The molecule has 0 saturated carbocycles. The standard InChI is InChI=1S/C21H14Cl2N2O3/c22-13-8-14(23)10-15(9-13)24-20(26)12-25-11-17(16-4-1-2-5-18(16)25)21(27)19-6-3-7-28-19/h1-11H,12H2,(H,24,26). The van der Waals surface area contributed by atoms with E-state index in [-0.39, 0.29) is 24.0 Å². The van der Waals surface area contributed by atoms with Crippen LogP contribution in [0.15, 0.2) is 71.5 Å². The second kappa shape index (κ2) is 7.54. The number of halogens is 2. The molecule has 4 rings (SSSR count). The number of nitrogens with zero attached hydrogens (tertiary/aromatic N) is 1. The lowest BCUT2D eigenvalue weighted by Gasteiger charge is -2.08. The molecule has 0 unspecified atom stereocenters. The number of hydrogen-bond donors (Lipinski definition) is 1. The number of benzene rings is 2. The number of ketones is 1. The highest BCUT2D eigenvalue weighted by molar-refractivity contribution is 6.35. The summed E-state index contributed by atoms with van der Waals surface area (Å²) in [5, 5.41) is 4.39. The zero-order valence-corrected chi connectivity index (χ0v) is 16.0. The van der Waals surface area contributed by atoms with E-state index in [1.54, 1.807) is 41.1 Å². The van der Waals surface area contributed by atoms with Crippen LogP contribution in [0, 0.1) is 0 Å². The molecule has 0 aliphatic carbocycles. The fourth-order valence-electron chi connectivity index (χ4n) is 3.08. The summed E-state index contributed by atoms with van der Waals surface area (Å²) in [6.07, 6.45) is 3.12. The summed E-state index contributed by atoms with van der Waals surface area (Å²) < 4.78 is 6.96. The van der Waals surface area contributed by atoms with Gasteiger partial charge in [-0.3, -0.25) is 9.59 Å². The number of carbonyl (C=O) groups excluding carboxylic acids is 2. The third-order valence-corrected chi connectivity index (χ3v) is 4.67. The first kappa shape index (κ1) is 18.3. The number of hydrogen-bond acceptors (Lipinski definition) is 3. The molecule has 0 radical (unpaired) electrons. The second-order valence-electron chi connectivity index (χ2n) is 6.20. The molecule has 2 aromatic carbocycles. The molecule has 1 N–H and O–H groups in total. The van der Waals surface area contributed by atoms with E-state index in [0.717, 1.165) is 10.9 Å². The van der Waals surface area contributed by atoms with Crippen LogP contribution in [0.4, 0.5) is 5.69 Å². The van der Waals surface area contributed by atoms with Crippen molar-refractivity contribution in [1.82, 2.24) is 4.57 Å². The predicted molar refractivity (Wildman–Crippen MR) is 109 cm³/mol. The minimum absolute atomic E-state index is 0.0239. The van der Waals surface area contributed by atoms with Crippen molar-refractivity contribution in [2.45, 2.75) is 6.54 Å². The molecule has 0 aliphatic heterocycles. The first-order valence-electron chi connectivity index (χ1n) is 8.43. The Hall–Kier alpha value is -3.02. The molecular formula is C21H14Cl2N2O3. The molecule has 2 aromatic heterocycles. The van der Waals surface area contributed by atoms with Gasteiger partial charge in [-0.15, -0.1) is 0 Å². The fourth-order valence-corrected chi connectivity index (χ4v) is 3.61. The minimum atomic E-state index is -0.268. The first-order chi connectivity index (χ1) is 13.5. The summed E-state index contributed by atoms with van der Waals surface area (Å²) >= 11 is 11.9. The van der Waals surface area contributed by atoms with Gasteiger partial charge in [0.1, 0.15) is 6.54 Å². The maximum atomic E-state index is 12.7. The van der Waals surface area contributed by atoms with E-state index >= 15 is 0 Å². The summed E-state index contributed by atoms with van der Waals surface area (Å²) in [7, 11) is 0. The molecule has 5 nitrogen and oxygen atoms in total. The molecule has 0 saturated heterocycles. The Labute approximate surface area is 170 Å². The van der Waals surface area contributed by atoms with E-state index in [0.29, 0.717) is 21.3 Å². The smallest absolute Gasteiger partial charge is 0.244 e. The van der Waals surface area contributed by atoms with E-state index in [1.807, 2.05) is 24.3 Å². The number of para-hydroxylation sites is 1. The lowest BCUT2D eigenvalue weighted by molar-refractivity contribution is -0.116. The number of furan rings is 1. The fraction of sp³-hybridized carbons (Fsp3) is 0.0476. The van der Waals surface area contributed by atoms with Crippen molar-refractivity contribution < 1.29 is 14.0 Å². The minimum Gasteiger partial charge on any atom is -0.461 e. The van der Waals surface area contributed by atoms with Crippen LogP contribution in [0.5, 0.6) is 0 Å². The lowest BCUT2D eigenvalue weighted by atomic mass is 10.1. The number of nitrogens with one attached hydrogen (secondary N) is 1. The number of aromatic nitrogens is 1. The topological polar surface area (TPSA) is 64.2 Å². The Balaban J connectivity index is 1.63. The molecule has 28 heavy (non-hydrogen) atoms. The number of anilines is 1. The van der Waals surface area contributed by atoms with Crippen molar-refractivity contribution in [2.24, 2.45) is 0 Å². The summed E-state index contributed by atoms with van der Waals surface area (Å²) in [5.41, 5.74) is 1.76. The Morgan fingerprint density at radius 1 is 1.00 bits per heavy atom. The molecule has 1 amide bonds. The molecule has 7 heteroatoms. The molecule has 0 fully saturated rings. The highest BCUT2D eigenvalue weighted by Gasteiger charge is 2.19. The van der Waals surface area contributed by atoms with Gasteiger partial charge in [-0.05, 0) is 36.4 Å². The SMILES string of the molecule is O=C(Cn1cc(C(=O)c2ccco2)c2ccccc21)Nc1cc(Cl)cc(Cl)c1. The Morgan fingerprint density at radius 3 is 2.46 bits per heavy atom. The van der Waals surface area contributed by atoms with Gasteiger partial charge < -0.3 is 14.3 Å². The van der Waals surface area contributed by atoms with Gasteiger partial charge in [0.05, 0.1) is 11.8 Å². The van der Waals surface area contributed by atoms with Crippen LogP contribution in [-0.4, -0.2) is 16.3 Å². The molecule has 2 heterocycles. The number of fused-ring (bicyclic) bond motifs is 1. The van der Waals surface area contributed by atoms with E-state index in [4.69, 9.17) is 27.6 Å². The van der Waals surface area contributed by atoms with Crippen LogP contribution in [0.1, 0.15) is 16.1 Å². The van der Waals surface area contributed by atoms with Crippen molar-refractivity contribution in [3.05, 3.63) is 88.4 Å². The summed E-state index contributed by atoms with van der Waals surface area (Å²) in [6.45, 7) is 0.0239. The van der Waals surface area contributed by atoms with Crippen LogP contribution >= 0.6 is 23.2 Å². The quantitative estimate of drug-likeness (QED) is 0.445. The summed E-state index contributed by atoms with van der Waals surface area (Å²) in [4.78, 5) is 25.3. The van der Waals surface area contributed by atoms with E-state index < -0.39 is 0 Å². The molecule has 140 valence electrons. The third-order valence-electron chi connectivity index (χ3n) is 4.24. The van der Waals surface area contributed by atoms with Crippen LogP contribution in [-0.2, 0) is 11.3 Å². The summed E-state index contributed by atoms with van der Waals surface area (Å²) in [5.74, 6) is -0.251. The average molecular weight is 413 g/mol. The highest BCUT2D eigenvalue weighted by Crippen LogP contribution is 2.25. The number of carbonyl (C=O) groups is 2. The van der Waals surface area contributed by atoms with Crippen LogP contribution < -0.4 is 5.32 Å². The predicted octanol–water partition coefficient (Wildman–Crippen LogP) is 5.41. The van der Waals surface area contributed by atoms with Gasteiger partial charge in [-0.2, -0.15) is 0 Å². The van der Waals surface area contributed by atoms with Crippen LogP contribution in [0.2, 0.25) is 10.0 Å². The van der Waals surface area contributed by atoms with Gasteiger partial charge in [0.15, 0.2) is 5.76 Å². The molecule has 4 aromatic rings. The van der Waals surface area contributed by atoms with Gasteiger partial charge in [0.2, 0.25) is 11.7 Å². The van der Waals surface area contributed by atoms with E-state index in [1.165, 1.54) is 6.26 Å². The Bertz CT molecular complexity index is 1160. The van der Waals surface area contributed by atoms with Crippen molar-refractivity contribution in [3.63, 3.8) is 0 Å². The second-order valence-corrected chi connectivity index (χ2v) is 7.07. The van der Waals surface area contributed by atoms with Crippen molar-refractivity contribution in [1.29, 1.82) is 0 Å². The van der Waals surface area contributed by atoms with Gasteiger partial charge in [-0.1, -0.05) is 41.4 Å². The monoisotopic (exact) mass is 412 g/mol. The van der Waals surface area contributed by atoms with Crippen LogP contribution in [0.25, 0.3) is 10.9 Å². The van der Waals surface area contributed by atoms with Crippen molar-refractivity contribution in [3.8, 4) is 0 Å². The largest absolute Gasteiger partial charge is 0.461 e. The molecule has 0 aliphatic rings. The lowest BCUT2D eigenvalue weighted by Crippen LogP contribution is -2.18. The van der Waals surface area contributed by atoms with E-state index in [2.05, 4.69) is 5.32 Å². The van der Waals surface area contributed by atoms with Gasteiger partial charge in [0.25, 0.3) is 0 Å². The van der Waals surface area contributed by atoms with Crippen LogP contribution in [0.3, 0.4) is 0 Å². The average Bonchev–Trinajstić information content (AvgIpc) is 3.29. The zero-order chi connectivity index (χ0) is 19.7. The molecule has 0 atom stereocenters. The van der Waals surface area contributed by atoms with Gasteiger partial charge >= 0.3 is 0 Å². The Morgan fingerprint density at radius 2 is 1.75 bits per heavy atom. The number of amides is 1. The highest BCUT2D eigenvalue weighted by atomic mass is 35.5. The number of rotatable bonds is 5. The van der Waals surface area contributed by atoms with Crippen molar-refractivity contribution >= 4 is 51.5 Å². The molecule has 0 bridgehead atoms. The first-order valence-corrected chi connectivity index (χ1v) is 9.19. The zero-order valence-electron chi connectivity index (χ0n) is 14.5.